The van der Waals surface area contributed by atoms with Crippen molar-refractivity contribution in [2.24, 2.45) is 0 Å². The number of carbonyl (C=O) groups excluding carboxylic acids is 3. The fourth-order valence-electron chi connectivity index (χ4n) is 2.46. The molecule has 0 N–H and O–H groups in total. The van der Waals surface area contributed by atoms with Gasteiger partial charge in [-0.3, -0.25) is 14.5 Å². The number of rotatable bonds is 6. The Bertz CT molecular complexity index is 849. The Morgan fingerprint density at radius 1 is 1.00 bits per heavy atom. The number of fused-ring (bicyclic) bond motifs is 1. The maximum absolute atomic E-state index is 13.4. The Kier molecular flexibility index (Phi) is 4.92. The van der Waals surface area contributed by atoms with Gasteiger partial charge in [0.25, 0.3) is 11.8 Å². The van der Waals surface area contributed by atoms with Crippen LogP contribution < -0.4 is 4.74 Å². The number of hydrogen-bond acceptors (Lipinski definition) is 5. The quantitative estimate of drug-likeness (QED) is 0.583. The summed E-state index contributed by atoms with van der Waals surface area (Å²) >= 11 is 0. The van der Waals surface area contributed by atoms with Gasteiger partial charge < -0.3 is 9.47 Å². The van der Waals surface area contributed by atoms with Gasteiger partial charge in [-0.05, 0) is 24.3 Å². The highest BCUT2D eigenvalue weighted by molar-refractivity contribution is 6.21. The Morgan fingerprint density at radius 3 is 2.27 bits per heavy atom. The lowest BCUT2D eigenvalue weighted by Gasteiger charge is -2.14. The van der Waals surface area contributed by atoms with E-state index in [-0.39, 0.29) is 18.9 Å². The zero-order chi connectivity index (χ0) is 18.7. The number of esters is 1. The largest absolute Gasteiger partial charge is 0.479 e. The Morgan fingerprint density at radius 2 is 1.65 bits per heavy atom. The average molecular weight is 361 g/mol. The SMILES string of the molecule is O=C(COc1ccc(F)cc1F)OCCN1C(=O)c2ccccc2C1=O. The lowest BCUT2D eigenvalue weighted by atomic mass is 10.1. The van der Waals surface area contributed by atoms with Gasteiger partial charge in [-0.15, -0.1) is 0 Å². The van der Waals surface area contributed by atoms with Crippen molar-refractivity contribution in [3.63, 3.8) is 0 Å². The van der Waals surface area contributed by atoms with Crippen molar-refractivity contribution in [3.8, 4) is 5.75 Å². The Hall–Kier alpha value is -3.29. The van der Waals surface area contributed by atoms with E-state index in [1.807, 2.05) is 0 Å². The van der Waals surface area contributed by atoms with Gasteiger partial charge in [0, 0.05) is 6.07 Å². The van der Waals surface area contributed by atoms with Crippen LogP contribution in [0.5, 0.6) is 5.75 Å². The molecule has 0 atom stereocenters. The van der Waals surface area contributed by atoms with Crippen molar-refractivity contribution < 1.29 is 32.6 Å². The third kappa shape index (κ3) is 3.53. The van der Waals surface area contributed by atoms with E-state index in [1.54, 1.807) is 24.3 Å². The van der Waals surface area contributed by atoms with Gasteiger partial charge in [0.15, 0.2) is 18.2 Å². The van der Waals surface area contributed by atoms with Crippen molar-refractivity contribution in [2.75, 3.05) is 19.8 Å². The molecule has 0 aliphatic carbocycles. The first-order valence-electron chi connectivity index (χ1n) is 7.66. The zero-order valence-corrected chi connectivity index (χ0v) is 13.4. The molecule has 1 aliphatic heterocycles. The molecule has 6 nitrogen and oxygen atoms in total. The van der Waals surface area contributed by atoms with Gasteiger partial charge in [-0.25, -0.2) is 13.6 Å². The summed E-state index contributed by atoms with van der Waals surface area (Å²) in [6.07, 6.45) is 0. The molecule has 0 aromatic heterocycles. The minimum absolute atomic E-state index is 0.108. The molecule has 134 valence electrons. The van der Waals surface area contributed by atoms with Crippen LogP contribution in [0, 0.1) is 11.6 Å². The molecular formula is C18H13F2NO5. The molecule has 26 heavy (non-hydrogen) atoms. The molecule has 2 amide bonds. The van der Waals surface area contributed by atoms with Crippen molar-refractivity contribution in [1.82, 2.24) is 4.90 Å². The minimum Gasteiger partial charge on any atom is -0.479 e. The lowest BCUT2D eigenvalue weighted by molar-refractivity contribution is -0.146. The van der Waals surface area contributed by atoms with Crippen LogP contribution in [0.15, 0.2) is 42.5 Å². The van der Waals surface area contributed by atoms with E-state index in [2.05, 4.69) is 0 Å². The number of ether oxygens (including phenoxy) is 2. The first-order chi connectivity index (χ1) is 12.5. The van der Waals surface area contributed by atoms with Crippen molar-refractivity contribution in [1.29, 1.82) is 0 Å². The molecule has 0 spiro atoms. The van der Waals surface area contributed by atoms with Crippen molar-refractivity contribution in [2.45, 2.75) is 0 Å². The average Bonchev–Trinajstić information content (AvgIpc) is 2.86. The second-order valence-electron chi connectivity index (χ2n) is 5.39. The summed E-state index contributed by atoms with van der Waals surface area (Å²) < 4.78 is 35.9. The second-order valence-corrected chi connectivity index (χ2v) is 5.39. The van der Waals surface area contributed by atoms with Crippen LogP contribution in [-0.2, 0) is 9.53 Å². The summed E-state index contributed by atoms with van der Waals surface area (Å²) in [4.78, 5) is 36.9. The van der Waals surface area contributed by atoms with E-state index in [1.165, 1.54) is 0 Å². The standard InChI is InChI=1S/C18H13F2NO5/c19-11-5-6-15(14(20)9-11)26-10-16(22)25-8-7-21-17(23)12-3-1-2-4-13(12)18(21)24/h1-6,9H,7-8,10H2. The summed E-state index contributed by atoms with van der Waals surface area (Å²) in [6, 6.07) is 9.07. The van der Waals surface area contributed by atoms with Crippen LogP contribution in [0.3, 0.4) is 0 Å². The molecule has 8 heteroatoms. The van der Waals surface area contributed by atoms with Crippen molar-refractivity contribution in [3.05, 3.63) is 65.2 Å². The minimum atomic E-state index is -0.941. The van der Waals surface area contributed by atoms with E-state index in [0.717, 1.165) is 17.0 Å². The number of halogens is 2. The summed E-state index contributed by atoms with van der Waals surface area (Å²) in [7, 11) is 0. The summed E-state index contributed by atoms with van der Waals surface area (Å²) in [5.41, 5.74) is 0.609. The smallest absolute Gasteiger partial charge is 0.344 e. The second kappa shape index (κ2) is 7.30. The normalized spacial score (nSPS) is 12.9. The molecule has 2 aromatic rings. The first-order valence-corrected chi connectivity index (χ1v) is 7.66. The lowest BCUT2D eigenvalue weighted by Crippen LogP contribution is -2.34. The predicted octanol–water partition coefficient (Wildman–Crippen LogP) is 2.18. The molecule has 0 saturated carbocycles. The van der Waals surface area contributed by atoms with E-state index in [4.69, 9.17) is 9.47 Å². The number of carbonyl (C=O) groups is 3. The van der Waals surface area contributed by atoms with Gasteiger partial charge in [0.2, 0.25) is 0 Å². The van der Waals surface area contributed by atoms with E-state index in [9.17, 15) is 23.2 Å². The molecule has 0 saturated heterocycles. The van der Waals surface area contributed by atoms with Crippen LogP contribution in [0.1, 0.15) is 20.7 Å². The first kappa shape index (κ1) is 17.5. The molecule has 1 aliphatic rings. The van der Waals surface area contributed by atoms with Crippen LogP contribution in [0.4, 0.5) is 8.78 Å². The molecule has 3 rings (SSSR count). The highest BCUT2D eigenvalue weighted by Crippen LogP contribution is 2.22. The molecular weight excluding hydrogens is 348 g/mol. The van der Waals surface area contributed by atoms with Gasteiger partial charge in [-0.1, -0.05) is 12.1 Å². The monoisotopic (exact) mass is 361 g/mol. The molecule has 2 aromatic carbocycles. The number of benzene rings is 2. The number of amides is 2. The third-order valence-electron chi connectivity index (χ3n) is 3.70. The fraction of sp³-hybridized carbons (Fsp3) is 0.167. The predicted molar refractivity (Wildman–Crippen MR) is 84.6 cm³/mol. The highest BCUT2D eigenvalue weighted by Gasteiger charge is 2.34. The van der Waals surface area contributed by atoms with E-state index in [0.29, 0.717) is 17.2 Å². The fourth-order valence-corrected chi connectivity index (χ4v) is 2.46. The van der Waals surface area contributed by atoms with Crippen LogP contribution in [0.25, 0.3) is 0 Å². The summed E-state index contributed by atoms with van der Waals surface area (Å²) in [5.74, 6) is -3.71. The van der Waals surface area contributed by atoms with Gasteiger partial charge in [0.05, 0.1) is 17.7 Å². The van der Waals surface area contributed by atoms with Crippen LogP contribution >= 0.6 is 0 Å². The van der Waals surface area contributed by atoms with Gasteiger partial charge in [-0.2, -0.15) is 0 Å². The van der Waals surface area contributed by atoms with Crippen LogP contribution in [0.2, 0.25) is 0 Å². The van der Waals surface area contributed by atoms with E-state index < -0.39 is 36.0 Å². The highest BCUT2D eigenvalue weighted by atomic mass is 19.1. The maximum Gasteiger partial charge on any atom is 0.344 e. The van der Waals surface area contributed by atoms with Gasteiger partial charge >= 0.3 is 5.97 Å². The number of hydrogen-bond donors (Lipinski definition) is 0. The van der Waals surface area contributed by atoms with Crippen molar-refractivity contribution >= 4 is 17.8 Å². The van der Waals surface area contributed by atoms with Gasteiger partial charge in [0.1, 0.15) is 12.4 Å². The Balaban J connectivity index is 1.47. The third-order valence-corrected chi connectivity index (χ3v) is 3.70. The maximum atomic E-state index is 13.4. The summed E-state index contributed by atoms with van der Waals surface area (Å²) in [6.45, 7) is -0.923. The molecule has 0 bridgehead atoms. The molecule has 0 fully saturated rings. The Labute approximate surface area is 146 Å². The van der Waals surface area contributed by atoms with Crippen LogP contribution in [-0.4, -0.2) is 42.4 Å². The number of imide groups is 1. The zero-order valence-electron chi connectivity index (χ0n) is 13.4. The summed E-state index contributed by atoms with van der Waals surface area (Å²) in [5, 5.41) is 0. The number of nitrogens with zero attached hydrogens (tertiary/aromatic N) is 1. The molecule has 0 radical (unpaired) electrons. The van der Waals surface area contributed by atoms with E-state index >= 15 is 0 Å². The topological polar surface area (TPSA) is 72.9 Å². The molecule has 1 heterocycles. The molecule has 0 unspecified atom stereocenters.